The van der Waals surface area contributed by atoms with Gasteiger partial charge in [0, 0.05) is 28.7 Å². The van der Waals surface area contributed by atoms with E-state index >= 15 is 0 Å². The van der Waals surface area contributed by atoms with Crippen molar-refractivity contribution in [3.63, 3.8) is 0 Å². The maximum Gasteiger partial charge on any atom is 0.224 e. The molecule has 3 rings (SSSR count). The fourth-order valence-electron chi connectivity index (χ4n) is 3.01. The maximum atomic E-state index is 12.1. The molecule has 1 heterocycles. The first-order chi connectivity index (χ1) is 10.1. The number of hydrogen-bond donors (Lipinski definition) is 3. The molecule has 4 nitrogen and oxygen atoms in total. The molecule has 5 heteroatoms. The Morgan fingerprint density at radius 1 is 1.38 bits per heavy atom. The molecular weight excluding hydrogens is 288 g/mol. The number of hydrogen-bond acceptors (Lipinski definition) is 2. The third kappa shape index (κ3) is 3.22. The van der Waals surface area contributed by atoms with Gasteiger partial charge in [-0.1, -0.05) is 24.4 Å². The van der Waals surface area contributed by atoms with Gasteiger partial charge in [-0.2, -0.15) is 0 Å². The van der Waals surface area contributed by atoms with Gasteiger partial charge < -0.3 is 15.4 Å². The molecule has 0 radical (unpaired) electrons. The fraction of sp³-hybridized carbons (Fsp3) is 0.438. The zero-order valence-electron chi connectivity index (χ0n) is 11.8. The van der Waals surface area contributed by atoms with Crippen molar-refractivity contribution in [3.8, 4) is 0 Å². The van der Waals surface area contributed by atoms with Gasteiger partial charge >= 0.3 is 0 Å². The zero-order chi connectivity index (χ0) is 14.9. The highest BCUT2D eigenvalue weighted by Gasteiger charge is 2.31. The van der Waals surface area contributed by atoms with Crippen LogP contribution in [0.4, 0.5) is 0 Å². The Morgan fingerprint density at radius 2 is 2.14 bits per heavy atom. The predicted molar refractivity (Wildman–Crippen MR) is 83.4 cm³/mol. The van der Waals surface area contributed by atoms with E-state index in [-0.39, 0.29) is 12.3 Å². The van der Waals surface area contributed by atoms with E-state index in [1.165, 1.54) is 0 Å². The van der Waals surface area contributed by atoms with Gasteiger partial charge in [0.25, 0.3) is 0 Å². The number of aliphatic hydroxyl groups is 1. The third-order valence-corrected chi connectivity index (χ3v) is 4.46. The lowest BCUT2D eigenvalue weighted by Crippen LogP contribution is -2.41. The zero-order valence-corrected chi connectivity index (χ0v) is 12.5. The summed E-state index contributed by atoms with van der Waals surface area (Å²) in [6.45, 7) is 0.342. The molecule has 1 amide bonds. The molecule has 3 N–H and O–H groups in total. The maximum absolute atomic E-state index is 12.1. The average molecular weight is 307 g/mol. The number of aromatic nitrogens is 1. The van der Waals surface area contributed by atoms with Crippen molar-refractivity contribution in [1.82, 2.24) is 10.3 Å². The smallest absolute Gasteiger partial charge is 0.224 e. The molecule has 1 fully saturated rings. The summed E-state index contributed by atoms with van der Waals surface area (Å²) in [5.74, 6) is -0.0730. The number of carbonyl (C=O) groups excluding carboxylic acids is 1. The first kappa shape index (κ1) is 14.4. The molecule has 1 aliphatic rings. The molecule has 2 aromatic rings. The second kappa shape index (κ2) is 5.70. The van der Waals surface area contributed by atoms with Gasteiger partial charge in [0.2, 0.25) is 5.91 Å². The van der Waals surface area contributed by atoms with Gasteiger partial charge in [0.15, 0.2) is 0 Å². The molecule has 0 spiro atoms. The van der Waals surface area contributed by atoms with Crippen LogP contribution in [0.5, 0.6) is 0 Å². The summed E-state index contributed by atoms with van der Waals surface area (Å²) >= 11 is 6.00. The standard InChI is InChI=1S/C16H19ClN2O2/c17-12-3-4-14-13(8-12)11(9-18-14)7-15(20)19-10-16(21)5-1-2-6-16/h3-4,8-9,18,21H,1-2,5-7,10H2,(H,19,20). The molecule has 1 aromatic heterocycles. The first-order valence-corrected chi connectivity index (χ1v) is 7.68. The van der Waals surface area contributed by atoms with Crippen molar-refractivity contribution in [2.45, 2.75) is 37.7 Å². The SMILES string of the molecule is O=C(Cc1c[nH]c2ccc(Cl)cc12)NCC1(O)CCCC1. The van der Waals surface area contributed by atoms with Crippen LogP contribution in [-0.4, -0.2) is 28.1 Å². The molecular formula is C16H19ClN2O2. The molecule has 1 aliphatic carbocycles. The third-order valence-electron chi connectivity index (χ3n) is 4.23. The molecule has 1 aromatic carbocycles. The Hall–Kier alpha value is -1.52. The molecule has 21 heavy (non-hydrogen) atoms. The van der Waals surface area contributed by atoms with Crippen LogP contribution >= 0.6 is 11.6 Å². The van der Waals surface area contributed by atoms with Crippen LogP contribution in [-0.2, 0) is 11.2 Å². The topological polar surface area (TPSA) is 65.1 Å². The fourth-order valence-corrected chi connectivity index (χ4v) is 3.18. The summed E-state index contributed by atoms with van der Waals surface area (Å²) in [7, 11) is 0. The first-order valence-electron chi connectivity index (χ1n) is 7.30. The Labute approximate surface area is 128 Å². The van der Waals surface area contributed by atoms with Crippen LogP contribution in [0, 0.1) is 0 Å². The van der Waals surface area contributed by atoms with Crippen molar-refractivity contribution < 1.29 is 9.90 Å². The van der Waals surface area contributed by atoms with E-state index in [2.05, 4.69) is 10.3 Å². The predicted octanol–water partition coefficient (Wildman–Crippen LogP) is 2.79. The highest BCUT2D eigenvalue weighted by Crippen LogP contribution is 2.28. The molecule has 0 atom stereocenters. The Bertz CT molecular complexity index is 659. The molecule has 1 saturated carbocycles. The molecule has 0 unspecified atom stereocenters. The van der Waals surface area contributed by atoms with Crippen LogP contribution in [0.3, 0.4) is 0 Å². The summed E-state index contributed by atoms with van der Waals surface area (Å²) < 4.78 is 0. The second-order valence-electron chi connectivity index (χ2n) is 5.89. The Balaban J connectivity index is 1.64. The largest absolute Gasteiger partial charge is 0.388 e. The summed E-state index contributed by atoms with van der Waals surface area (Å²) in [4.78, 5) is 15.2. The van der Waals surface area contributed by atoms with E-state index in [1.807, 2.05) is 24.4 Å². The highest BCUT2D eigenvalue weighted by molar-refractivity contribution is 6.31. The normalized spacial score (nSPS) is 17.2. The van der Waals surface area contributed by atoms with Gasteiger partial charge in [0.05, 0.1) is 12.0 Å². The van der Waals surface area contributed by atoms with Crippen LogP contribution in [0.25, 0.3) is 10.9 Å². The molecule has 0 saturated heterocycles. The van der Waals surface area contributed by atoms with E-state index in [9.17, 15) is 9.90 Å². The molecule has 0 bridgehead atoms. The van der Waals surface area contributed by atoms with Crippen molar-refractivity contribution in [2.24, 2.45) is 0 Å². The highest BCUT2D eigenvalue weighted by atomic mass is 35.5. The van der Waals surface area contributed by atoms with E-state index in [0.717, 1.165) is 42.1 Å². The minimum Gasteiger partial charge on any atom is -0.388 e. The number of carbonyl (C=O) groups is 1. The van der Waals surface area contributed by atoms with Crippen LogP contribution in [0.2, 0.25) is 5.02 Å². The van der Waals surface area contributed by atoms with Gasteiger partial charge in [-0.3, -0.25) is 4.79 Å². The number of rotatable bonds is 4. The van der Waals surface area contributed by atoms with E-state index < -0.39 is 5.60 Å². The molecule has 0 aliphatic heterocycles. The lowest BCUT2D eigenvalue weighted by atomic mass is 10.0. The number of amides is 1. The van der Waals surface area contributed by atoms with Crippen molar-refractivity contribution in [1.29, 1.82) is 0 Å². The van der Waals surface area contributed by atoms with Crippen LogP contribution in [0.15, 0.2) is 24.4 Å². The van der Waals surface area contributed by atoms with E-state index in [0.29, 0.717) is 11.6 Å². The number of H-pyrrole nitrogens is 1. The summed E-state index contributed by atoms with van der Waals surface area (Å²) in [5.41, 5.74) is 1.18. The summed E-state index contributed by atoms with van der Waals surface area (Å²) in [6, 6.07) is 5.58. The number of nitrogens with one attached hydrogen (secondary N) is 2. The summed E-state index contributed by atoms with van der Waals surface area (Å²) in [5, 5.41) is 14.7. The van der Waals surface area contributed by atoms with Crippen molar-refractivity contribution >= 4 is 28.4 Å². The van der Waals surface area contributed by atoms with Gasteiger partial charge in [-0.05, 0) is 36.6 Å². The lowest BCUT2D eigenvalue weighted by Gasteiger charge is -2.22. The molecule has 112 valence electrons. The Kier molecular flexibility index (Phi) is 3.91. The summed E-state index contributed by atoms with van der Waals surface area (Å²) in [6.07, 6.45) is 5.74. The Morgan fingerprint density at radius 3 is 2.90 bits per heavy atom. The van der Waals surface area contributed by atoms with Gasteiger partial charge in [0.1, 0.15) is 0 Å². The van der Waals surface area contributed by atoms with Crippen molar-refractivity contribution in [2.75, 3.05) is 6.54 Å². The monoisotopic (exact) mass is 306 g/mol. The number of fused-ring (bicyclic) bond motifs is 1. The van der Waals surface area contributed by atoms with Crippen LogP contribution in [0.1, 0.15) is 31.2 Å². The van der Waals surface area contributed by atoms with E-state index in [4.69, 9.17) is 11.6 Å². The van der Waals surface area contributed by atoms with Crippen molar-refractivity contribution in [3.05, 3.63) is 35.0 Å². The quantitative estimate of drug-likeness (QED) is 0.813. The lowest BCUT2D eigenvalue weighted by molar-refractivity contribution is -0.121. The van der Waals surface area contributed by atoms with E-state index in [1.54, 1.807) is 0 Å². The van der Waals surface area contributed by atoms with Gasteiger partial charge in [-0.25, -0.2) is 0 Å². The second-order valence-corrected chi connectivity index (χ2v) is 6.33. The minimum atomic E-state index is -0.709. The van der Waals surface area contributed by atoms with Crippen LogP contribution < -0.4 is 5.32 Å². The number of halogens is 1. The minimum absolute atomic E-state index is 0.0730. The number of benzene rings is 1. The number of aromatic amines is 1. The average Bonchev–Trinajstić information content (AvgIpc) is 3.05. The van der Waals surface area contributed by atoms with Gasteiger partial charge in [-0.15, -0.1) is 0 Å².